The van der Waals surface area contributed by atoms with Crippen LogP contribution < -0.4 is 4.90 Å². The molecule has 31 heavy (non-hydrogen) atoms. The Balaban J connectivity index is 1.68. The number of benzene rings is 1. The van der Waals surface area contributed by atoms with E-state index >= 15 is 0 Å². The molecule has 158 valence electrons. The Morgan fingerprint density at radius 2 is 1.87 bits per heavy atom. The smallest absolute Gasteiger partial charge is 0.232 e. The molecule has 0 bridgehead atoms. The summed E-state index contributed by atoms with van der Waals surface area (Å²) in [6.45, 7) is 0. The van der Waals surface area contributed by atoms with Crippen LogP contribution in [0.1, 0.15) is 66.0 Å². The molecule has 0 radical (unpaired) electrons. The Morgan fingerprint density at radius 1 is 1.06 bits per heavy atom. The number of fused-ring (bicyclic) bond motifs is 1. The van der Waals surface area contributed by atoms with Gasteiger partial charge in [0.05, 0.1) is 5.56 Å². The molecular formula is C24H20Cl2N2O2S. The maximum absolute atomic E-state index is 13.5. The van der Waals surface area contributed by atoms with E-state index < -0.39 is 0 Å². The fraction of sp³-hybridized carbons (Fsp3) is 0.375. The second-order valence-electron chi connectivity index (χ2n) is 8.29. The minimum Gasteiger partial charge on any atom is -0.294 e. The summed E-state index contributed by atoms with van der Waals surface area (Å²) >= 11 is 14.1. The SMILES string of the molecule is N#Cc1c(N2C(=O)C[C@@H](c3ccc(Cl)cc3Cl)C3=C2CCCC3=O)sc2c1CCCC2. The average Bonchev–Trinajstić information content (AvgIpc) is 3.11. The van der Waals surface area contributed by atoms with E-state index in [0.29, 0.717) is 45.4 Å². The second-order valence-corrected chi connectivity index (χ2v) is 10.2. The predicted octanol–water partition coefficient (Wildman–Crippen LogP) is 6.33. The Labute approximate surface area is 195 Å². The molecule has 0 spiro atoms. The molecule has 4 nitrogen and oxygen atoms in total. The fourth-order valence-corrected chi connectivity index (χ4v) is 7.02. The largest absolute Gasteiger partial charge is 0.294 e. The number of nitrogens with zero attached hydrogens (tertiary/aromatic N) is 2. The van der Waals surface area contributed by atoms with Crippen molar-refractivity contribution in [3.8, 4) is 6.07 Å². The highest BCUT2D eigenvalue weighted by molar-refractivity contribution is 7.16. The first kappa shape index (κ1) is 20.8. The number of thiophene rings is 1. The maximum Gasteiger partial charge on any atom is 0.232 e. The molecule has 1 aromatic carbocycles. The molecule has 0 fully saturated rings. The van der Waals surface area contributed by atoms with Crippen molar-refractivity contribution in [3.05, 3.63) is 61.1 Å². The van der Waals surface area contributed by atoms with Gasteiger partial charge in [-0.1, -0.05) is 29.3 Å². The number of halogens is 2. The molecular weight excluding hydrogens is 451 g/mol. The van der Waals surface area contributed by atoms with E-state index in [-0.39, 0.29) is 24.0 Å². The Kier molecular flexibility index (Phi) is 5.42. The van der Waals surface area contributed by atoms with E-state index in [1.54, 1.807) is 28.4 Å². The van der Waals surface area contributed by atoms with Gasteiger partial charge in [0.25, 0.3) is 0 Å². The molecule has 2 aromatic rings. The van der Waals surface area contributed by atoms with Gasteiger partial charge in [0.2, 0.25) is 5.91 Å². The number of Topliss-reactive ketones (excluding diaryl/α,β-unsaturated/α-hetero) is 1. The van der Waals surface area contributed by atoms with Crippen LogP contribution in [0.25, 0.3) is 0 Å². The number of carbonyl (C=O) groups excluding carboxylic acids is 2. The number of anilines is 1. The third-order valence-electron chi connectivity index (χ3n) is 6.48. The number of hydrogen-bond donors (Lipinski definition) is 0. The summed E-state index contributed by atoms with van der Waals surface area (Å²) in [7, 11) is 0. The molecule has 1 aromatic heterocycles. The highest BCUT2D eigenvalue weighted by Crippen LogP contribution is 2.49. The average molecular weight is 471 g/mol. The first-order chi connectivity index (χ1) is 15.0. The third-order valence-corrected chi connectivity index (χ3v) is 8.32. The number of hydrogen-bond acceptors (Lipinski definition) is 4. The summed E-state index contributed by atoms with van der Waals surface area (Å²) in [5.41, 5.74) is 3.88. The zero-order valence-corrected chi connectivity index (χ0v) is 19.2. The van der Waals surface area contributed by atoms with Crippen LogP contribution >= 0.6 is 34.5 Å². The monoisotopic (exact) mass is 470 g/mol. The molecule has 7 heteroatoms. The van der Waals surface area contributed by atoms with Crippen LogP contribution in [0.5, 0.6) is 0 Å². The molecule has 2 heterocycles. The van der Waals surface area contributed by atoms with Crippen molar-refractivity contribution < 1.29 is 9.59 Å². The van der Waals surface area contributed by atoms with Crippen LogP contribution in [-0.4, -0.2) is 11.7 Å². The molecule has 0 N–H and O–H groups in total. The molecule has 5 rings (SSSR count). The number of allylic oxidation sites excluding steroid dienone is 2. The van der Waals surface area contributed by atoms with E-state index in [9.17, 15) is 14.9 Å². The lowest BCUT2D eigenvalue weighted by atomic mass is 9.77. The lowest BCUT2D eigenvalue weighted by Gasteiger charge is -2.38. The summed E-state index contributed by atoms with van der Waals surface area (Å²) in [5.74, 6) is -0.398. The van der Waals surface area contributed by atoms with Gasteiger partial charge in [-0.2, -0.15) is 5.26 Å². The molecule has 2 aliphatic carbocycles. The number of carbonyl (C=O) groups is 2. The number of amides is 1. The van der Waals surface area contributed by atoms with Gasteiger partial charge in [-0.25, -0.2) is 0 Å². The standard InChI is InChI=1S/C24H20Cl2N2O2S/c25-13-8-9-14(18(26)10-13)16-11-22(30)28(19-5-3-6-20(29)23(16)19)24-17(12-27)15-4-1-2-7-21(15)31-24/h8-10,16H,1-7,11H2/t16-/m0/s1. The van der Waals surface area contributed by atoms with Gasteiger partial charge in [0.1, 0.15) is 11.1 Å². The quantitative estimate of drug-likeness (QED) is 0.514. The molecule has 0 unspecified atom stereocenters. The normalized spacial score (nSPS) is 21.1. The third kappa shape index (κ3) is 3.42. The summed E-state index contributed by atoms with van der Waals surface area (Å²) < 4.78 is 0. The first-order valence-electron chi connectivity index (χ1n) is 10.6. The van der Waals surface area contributed by atoms with Crippen molar-refractivity contribution in [1.29, 1.82) is 5.26 Å². The zero-order valence-electron chi connectivity index (χ0n) is 16.8. The van der Waals surface area contributed by atoms with Crippen LogP contribution in [0, 0.1) is 11.3 Å². The molecule has 1 amide bonds. The van der Waals surface area contributed by atoms with Gasteiger partial charge in [-0.15, -0.1) is 11.3 Å². The van der Waals surface area contributed by atoms with Crippen molar-refractivity contribution in [2.24, 2.45) is 0 Å². The predicted molar refractivity (Wildman–Crippen MR) is 123 cm³/mol. The van der Waals surface area contributed by atoms with Crippen LogP contribution in [0.2, 0.25) is 10.0 Å². The second kappa shape index (κ2) is 8.09. The highest BCUT2D eigenvalue weighted by Gasteiger charge is 2.42. The van der Waals surface area contributed by atoms with Gasteiger partial charge in [0, 0.05) is 45.0 Å². The van der Waals surface area contributed by atoms with Crippen molar-refractivity contribution in [3.63, 3.8) is 0 Å². The number of nitriles is 1. The lowest BCUT2D eigenvalue weighted by molar-refractivity contribution is -0.119. The summed E-state index contributed by atoms with van der Waals surface area (Å²) in [5, 5.41) is 11.6. The van der Waals surface area contributed by atoms with Gasteiger partial charge < -0.3 is 0 Å². The Hall–Kier alpha value is -2.13. The van der Waals surface area contributed by atoms with E-state index in [4.69, 9.17) is 23.2 Å². The minimum atomic E-state index is -0.378. The maximum atomic E-state index is 13.5. The van der Waals surface area contributed by atoms with Crippen molar-refractivity contribution >= 4 is 51.2 Å². The van der Waals surface area contributed by atoms with Gasteiger partial charge in [-0.3, -0.25) is 14.5 Å². The molecule has 1 atom stereocenters. The van der Waals surface area contributed by atoms with Crippen LogP contribution in [0.3, 0.4) is 0 Å². The lowest BCUT2D eigenvalue weighted by Crippen LogP contribution is -2.40. The van der Waals surface area contributed by atoms with Gasteiger partial charge in [0.15, 0.2) is 5.78 Å². The zero-order chi connectivity index (χ0) is 21.7. The van der Waals surface area contributed by atoms with Crippen molar-refractivity contribution in [2.75, 3.05) is 4.90 Å². The molecule has 0 saturated heterocycles. The summed E-state index contributed by atoms with van der Waals surface area (Å²) in [6.07, 6.45) is 5.96. The number of aryl methyl sites for hydroxylation is 1. The summed E-state index contributed by atoms with van der Waals surface area (Å²) in [6, 6.07) is 7.58. The highest BCUT2D eigenvalue weighted by atomic mass is 35.5. The van der Waals surface area contributed by atoms with E-state index in [1.165, 1.54) is 4.88 Å². The van der Waals surface area contributed by atoms with Crippen LogP contribution in [-0.2, 0) is 22.4 Å². The number of rotatable bonds is 2. The summed E-state index contributed by atoms with van der Waals surface area (Å²) in [4.78, 5) is 29.5. The van der Waals surface area contributed by atoms with E-state index in [2.05, 4.69) is 6.07 Å². The Bertz CT molecular complexity index is 1190. The topological polar surface area (TPSA) is 61.2 Å². The van der Waals surface area contributed by atoms with Crippen molar-refractivity contribution in [1.82, 2.24) is 0 Å². The minimum absolute atomic E-state index is 0.0644. The van der Waals surface area contributed by atoms with Crippen molar-refractivity contribution in [2.45, 2.75) is 57.3 Å². The van der Waals surface area contributed by atoms with E-state index in [0.717, 1.165) is 42.5 Å². The van der Waals surface area contributed by atoms with Gasteiger partial charge >= 0.3 is 0 Å². The fourth-order valence-electron chi connectivity index (χ4n) is 5.10. The number of ketones is 1. The van der Waals surface area contributed by atoms with Gasteiger partial charge in [-0.05, 0) is 61.8 Å². The first-order valence-corrected chi connectivity index (χ1v) is 12.2. The van der Waals surface area contributed by atoms with Crippen LogP contribution in [0.4, 0.5) is 5.00 Å². The molecule has 3 aliphatic rings. The van der Waals surface area contributed by atoms with E-state index in [1.807, 2.05) is 6.07 Å². The molecule has 1 aliphatic heterocycles. The molecule has 0 saturated carbocycles. The van der Waals surface area contributed by atoms with Crippen LogP contribution in [0.15, 0.2) is 29.5 Å². The Morgan fingerprint density at radius 3 is 2.65 bits per heavy atom.